The lowest BCUT2D eigenvalue weighted by molar-refractivity contribution is -0.160. The molecule has 1 aliphatic rings. The van der Waals surface area contributed by atoms with Crippen LogP contribution < -0.4 is 0 Å². The number of esters is 1. The summed E-state index contributed by atoms with van der Waals surface area (Å²) in [6.07, 6.45) is 0.884. The van der Waals surface area contributed by atoms with E-state index in [9.17, 15) is 9.59 Å². The molecular weight excluding hydrogens is 232 g/mol. The molecule has 1 atom stereocenters. The summed E-state index contributed by atoms with van der Waals surface area (Å²) >= 11 is 0. The first kappa shape index (κ1) is 15.0. The van der Waals surface area contributed by atoms with Gasteiger partial charge in [0.25, 0.3) is 0 Å². The molecule has 5 heteroatoms. The third-order valence-electron chi connectivity index (χ3n) is 3.00. The Labute approximate surface area is 109 Å². The zero-order chi connectivity index (χ0) is 13.9. The molecule has 0 N–H and O–H groups in total. The zero-order valence-corrected chi connectivity index (χ0v) is 12.0. The standard InChI is InChI=1S/C13H24N2O3/c1-10(12(17)18-13(2,3)4)15-8-6-7-14(5)11(16)9-15/h10H,6-9H2,1-5H3. The largest absolute Gasteiger partial charge is 0.459 e. The number of ether oxygens (including phenoxy) is 1. The van der Waals surface area contributed by atoms with Crippen molar-refractivity contribution in [2.45, 2.75) is 45.8 Å². The molecule has 1 rings (SSSR count). The van der Waals surface area contributed by atoms with E-state index in [-0.39, 0.29) is 24.5 Å². The third-order valence-corrected chi connectivity index (χ3v) is 3.00. The van der Waals surface area contributed by atoms with Gasteiger partial charge in [-0.05, 0) is 34.1 Å². The van der Waals surface area contributed by atoms with Crippen LogP contribution >= 0.6 is 0 Å². The fraction of sp³-hybridized carbons (Fsp3) is 0.846. The van der Waals surface area contributed by atoms with Crippen molar-refractivity contribution in [1.82, 2.24) is 9.80 Å². The minimum atomic E-state index is -0.488. The second kappa shape index (κ2) is 5.69. The average molecular weight is 256 g/mol. The second-order valence-corrected chi connectivity index (χ2v) is 5.85. The molecule has 0 aromatic heterocycles. The monoisotopic (exact) mass is 256 g/mol. The van der Waals surface area contributed by atoms with Crippen LogP contribution in [0.5, 0.6) is 0 Å². The molecule has 104 valence electrons. The Morgan fingerprint density at radius 2 is 1.94 bits per heavy atom. The Balaban J connectivity index is 2.63. The van der Waals surface area contributed by atoms with E-state index in [0.717, 1.165) is 19.5 Å². The van der Waals surface area contributed by atoms with Crippen molar-refractivity contribution in [2.75, 3.05) is 26.7 Å². The molecule has 1 amide bonds. The van der Waals surface area contributed by atoms with E-state index in [4.69, 9.17) is 4.74 Å². The molecule has 1 fully saturated rings. The highest BCUT2D eigenvalue weighted by Crippen LogP contribution is 2.13. The van der Waals surface area contributed by atoms with Gasteiger partial charge in [-0.2, -0.15) is 0 Å². The maximum atomic E-state index is 12.0. The van der Waals surface area contributed by atoms with Gasteiger partial charge in [0, 0.05) is 20.1 Å². The fourth-order valence-corrected chi connectivity index (χ4v) is 1.88. The maximum Gasteiger partial charge on any atom is 0.323 e. The summed E-state index contributed by atoms with van der Waals surface area (Å²) in [4.78, 5) is 27.3. The zero-order valence-electron chi connectivity index (χ0n) is 12.0. The van der Waals surface area contributed by atoms with Crippen molar-refractivity contribution >= 4 is 11.9 Å². The van der Waals surface area contributed by atoms with Crippen LogP contribution in [0.1, 0.15) is 34.1 Å². The highest BCUT2D eigenvalue weighted by molar-refractivity contribution is 5.80. The number of likely N-dealkylation sites (N-methyl/N-ethyl adjacent to an activating group) is 1. The predicted molar refractivity (Wildman–Crippen MR) is 69.1 cm³/mol. The topological polar surface area (TPSA) is 49.9 Å². The normalized spacial score (nSPS) is 20.5. The third kappa shape index (κ3) is 4.29. The van der Waals surface area contributed by atoms with Gasteiger partial charge in [-0.15, -0.1) is 0 Å². The molecule has 0 saturated carbocycles. The van der Waals surface area contributed by atoms with E-state index in [1.807, 2.05) is 25.7 Å². The molecule has 1 unspecified atom stereocenters. The quantitative estimate of drug-likeness (QED) is 0.688. The molecule has 0 aromatic rings. The van der Waals surface area contributed by atoms with Gasteiger partial charge in [0.2, 0.25) is 5.91 Å². The van der Waals surface area contributed by atoms with Crippen molar-refractivity contribution in [2.24, 2.45) is 0 Å². The molecule has 1 heterocycles. The summed E-state index contributed by atoms with van der Waals surface area (Å²) in [6.45, 7) is 9.12. The van der Waals surface area contributed by atoms with E-state index < -0.39 is 5.60 Å². The van der Waals surface area contributed by atoms with Gasteiger partial charge in [-0.1, -0.05) is 0 Å². The van der Waals surface area contributed by atoms with E-state index in [1.54, 1.807) is 18.9 Å². The number of hydrogen-bond acceptors (Lipinski definition) is 4. The minimum absolute atomic E-state index is 0.0582. The number of amides is 1. The van der Waals surface area contributed by atoms with Crippen molar-refractivity contribution in [1.29, 1.82) is 0 Å². The predicted octanol–water partition coefficient (Wildman–Crippen LogP) is 0.881. The van der Waals surface area contributed by atoms with Gasteiger partial charge in [-0.25, -0.2) is 0 Å². The van der Waals surface area contributed by atoms with Crippen LogP contribution in [0.3, 0.4) is 0 Å². The molecule has 0 bridgehead atoms. The van der Waals surface area contributed by atoms with Gasteiger partial charge in [0.1, 0.15) is 11.6 Å². The van der Waals surface area contributed by atoms with Gasteiger partial charge in [0.15, 0.2) is 0 Å². The van der Waals surface area contributed by atoms with E-state index in [1.165, 1.54) is 0 Å². The smallest absolute Gasteiger partial charge is 0.323 e. The summed E-state index contributed by atoms with van der Waals surface area (Å²) in [5.41, 5.74) is -0.488. The van der Waals surface area contributed by atoms with Crippen molar-refractivity contribution < 1.29 is 14.3 Å². The molecule has 0 aromatic carbocycles. The maximum absolute atomic E-state index is 12.0. The molecule has 1 saturated heterocycles. The van der Waals surface area contributed by atoms with Gasteiger partial charge in [0.05, 0.1) is 6.54 Å². The summed E-state index contributed by atoms with van der Waals surface area (Å²) in [5, 5.41) is 0. The summed E-state index contributed by atoms with van der Waals surface area (Å²) in [5.74, 6) is -0.206. The highest BCUT2D eigenvalue weighted by atomic mass is 16.6. The molecule has 0 aliphatic carbocycles. The van der Waals surface area contributed by atoms with Gasteiger partial charge in [-0.3, -0.25) is 14.5 Å². The van der Waals surface area contributed by atoms with Crippen LogP contribution in [-0.4, -0.2) is 60.0 Å². The number of nitrogens with zero attached hydrogens (tertiary/aromatic N) is 2. The Morgan fingerprint density at radius 1 is 1.33 bits per heavy atom. The lowest BCUT2D eigenvalue weighted by Gasteiger charge is -2.28. The Bertz CT molecular complexity index is 323. The van der Waals surface area contributed by atoms with E-state index >= 15 is 0 Å². The van der Waals surface area contributed by atoms with Gasteiger partial charge < -0.3 is 9.64 Å². The minimum Gasteiger partial charge on any atom is -0.459 e. The van der Waals surface area contributed by atoms with Crippen molar-refractivity contribution in [3.8, 4) is 0 Å². The van der Waals surface area contributed by atoms with Crippen molar-refractivity contribution in [3.05, 3.63) is 0 Å². The average Bonchev–Trinajstić information content (AvgIpc) is 2.38. The van der Waals surface area contributed by atoms with Gasteiger partial charge >= 0.3 is 5.97 Å². The summed E-state index contributed by atoms with van der Waals surface area (Å²) < 4.78 is 5.35. The number of carbonyl (C=O) groups excluding carboxylic acids is 2. The first-order valence-corrected chi connectivity index (χ1v) is 6.41. The lowest BCUT2D eigenvalue weighted by atomic mass is 10.2. The van der Waals surface area contributed by atoms with Crippen LogP contribution in [-0.2, 0) is 14.3 Å². The first-order chi connectivity index (χ1) is 8.20. The van der Waals surface area contributed by atoms with Crippen LogP contribution in [0.2, 0.25) is 0 Å². The van der Waals surface area contributed by atoms with Crippen LogP contribution in [0.4, 0.5) is 0 Å². The van der Waals surface area contributed by atoms with E-state index in [0.29, 0.717) is 0 Å². The SMILES string of the molecule is CC(C(=O)OC(C)(C)C)N1CCCN(C)C(=O)C1. The Hall–Kier alpha value is -1.10. The Morgan fingerprint density at radius 3 is 2.50 bits per heavy atom. The molecule has 18 heavy (non-hydrogen) atoms. The molecule has 0 spiro atoms. The van der Waals surface area contributed by atoms with Crippen molar-refractivity contribution in [3.63, 3.8) is 0 Å². The molecule has 1 aliphatic heterocycles. The van der Waals surface area contributed by atoms with Crippen LogP contribution in [0, 0.1) is 0 Å². The Kier molecular flexibility index (Phi) is 4.73. The molecular formula is C13H24N2O3. The van der Waals surface area contributed by atoms with E-state index in [2.05, 4.69) is 0 Å². The molecule has 5 nitrogen and oxygen atoms in total. The summed E-state index contributed by atoms with van der Waals surface area (Å²) in [6, 6.07) is -0.375. The molecule has 0 radical (unpaired) electrons. The number of carbonyl (C=O) groups is 2. The first-order valence-electron chi connectivity index (χ1n) is 6.41. The highest BCUT2D eigenvalue weighted by Gasteiger charge is 2.29. The number of rotatable bonds is 2. The summed E-state index contributed by atoms with van der Waals surface area (Å²) in [7, 11) is 1.80. The van der Waals surface area contributed by atoms with Crippen LogP contribution in [0.15, 0.2) is 0 Å². The lowest BCUT2D eigenvalue weighted by Crippen LogP contribution is -2.45. The second-order valence-electron chi connectivity index (χ2n) is 5.85. The number of hydrogen-bond donors (Lipinski definition) is 0. The van der Waals surface area contributed by atoms with Crippen LogP contribution in [0.25, 0.3) is 0 Å². The fourth-order valence-electron chi connectivity index (χ4n) is 1.88.